The molecule has 1 aliphatic rings. The average molecular weight is 415 g/mol. The van der Waals surface area contributed by atoms with Crippen LogP contribution in [0.25, 0.3) is 0 Å². The first-order valence-corrected chi connectivity index (χ1v) is 11.2. The zero-order valence-electron chi connectivity index (χ0n) is 14.3. The van der Waals surface area contributed by atoms with E-state index in [2.05, 4.69) is 14.9 Å². The van der Waals surface area contributed by atoms with E-state index >= 15 is 0 Å². The minimum atomic E-state index is -3.85. The zero-order chi connectivity index (χ0) is 18.7. The number of ether oxygens (including phenoxy) is 1. The molecule has 1 amide bonds. The van der Waals surface area contributed by atoms with Crippen molar-refractivity contribution in [3.8, 4) is 5.75 Å². The van der Waals surface area contributed by atoms with Crippen LogP contribution in [0, 0.1) is 0 Å². The average Bonchev–Trinajstić information content (AvgIpc) is 3.23. The quantitative estimate of drug-likeness (QED) is 0.695. The molecule has 1 aliphatic heterocycles. The molecule has 0 unspecified atom stereocenters. The third-order valence-electron chi connectivity index (χ3n) is 3.72. The Bertz CT molecular complexity index is 913. The highest BCUT2D eigenvalue weighted by Gasteiger charge is 2.27. The van der Waals surface area contributed by atoms with Crippen molar-refractivity contribution in [2.75, 3.05) is 29.0 Å². The molecular weight excluding hydrogens is 396 g/mol. The molecule has 2 aromatic rings. The smallest absolute Gasteiger partial charge is 0.263 e. The van der Waals surface area contributed by atoms with Gasteiger partial charge >= 0.3 is 0 Å². The topological polar surface area (TPSA) is 101 Å². The van der Waals surface area contributed by atoms with Crippen molar-refractivity contribution in [2.45, 2.75) is 29.0 Å². The minimum Gasteiger partial charge on any atom is -0.495 e. The van der Waals surface area contributed by atoms with E-state index in [1.807, 2.05) is 6.92 Å². The predicted molar refractivity (Wildman–Crippen MR) is 102 cm³/mol. The number of methoxy groups -OCH3 is 1. The second kappa shape index (κ2) is 7.80. The van der Waals surface area contributed by atoms with Crippen molar-refractivity contribution >= 4 is 49.8 Å². The van der Waals surface area contributed by atoms with E-state index in [4.69, 9.17) is 4.74 Å². The molecule has 2 heterocycles. The number of amides is 1. The Morgan fingerprint density at radius 1 is 1.38 bits per heavy atom. The third-order valence-corrected chi connectivity index (χ3v) is 7.04. The van der Waals surface area contributed by atoms with Crippen LogP contribution in [0.3, 0.4) is 0 Å². The summed E-state index contributed by atoms with van der Waals surface area (Å²) in [4.78, 5) is 13.6. The van der Waals surface area contributed by atoms with Crippen molar-refractivity contribution in [3.05, 3.63) is 18.2 Å². The van der Waals surface area contributed by atoms with Gasteiger partial charge in [-0.05, 0) is 30.4 Å². The van der Waals surface area contributed by atoms with E-state index in [9.17, 15) is 13.2 Å². The maximum atomic E-state index is 12.7. The van der Waals surface area contributed by atoms with E-state index in [1.54, 1.807) is 11.0 Å². The Morgan fingerprint density at radius 2 is 2.19 bits per heavy atom. The van der Waals surface area contributed by atoms with Crippen LogP contribution in [0.15, 0.2) is 27.4 Å². The van der Waals surface area contributed by atoms with Gasteiger partial charge in [-0.15, -0.1) is 10.2 Å². The fourth-order valence-electron chi connectivity index (χ4n) is 2.56. The second-order valence-corrected chi connectivity index (χ2v) is 9.57. The second-order valence-electron chi connectivity index (χ2n) is 5.39. The summed E-state index contributed by atoms with van der Waals surface area (Å²) in [5, 5.41) is 8.00. The molecule has 0 radical (unpaired) electrons. The highest BCUT2D eigenvalue weighted by atomic mass is 32.2. The van der Waals surface area contributed by atoms with Crippen LogP contribution < -0.4 is 14.4 Å². The molecule has 1 fully saturated rings. The van der Waals surface area contributed by atoms with Gasteiger partial charge in [0.25, 0.3) is 10.0 Å². The molecule has 11 heteroatoms. The van der Waals surface area contributed by atoms with E-state index in [1.165, 1.54) is 42.3 Å². The number of carbonyl (C=O) groups excluding carboxylic acids is 1. The lowest BCUT2D eigenvalue weighted by Gasteiger charge is -2.19. The van der Waals surface area contributed by atoms with Crippen LogP contribution in [0.1, 0.15) is 19.8 Å². The van der Waals surface area contributed by atoms with E-state index in [-0.39, 0.29) is 15.9 Å². The molecule has 0 atom stereocenters. The number of hydrogen-bond donors (Lipinski definition) is 1. The maximum Gasteiger partial charge on any atom is 0.263 e. The summed E-state index contributed by atoms with van der Waals surface area (Å²) in [6.45, 7) is 2.52. The van der Waals surface area contributed by atoms with Crippen molar-refractivity contribution in [1.82, 2.24) is 10.2 Å². The van der Waals surface area contributed by atoms with Crippen molar-refractivity contribution in [2.24, 2.45) is 0 Å². The number of anilines is 2. The minimum absolute atomic E-state index is 0.0351. The first-order valence-electron chi connectivity index (χ1n) is 7.92. The number of carbonyl (C=O) groups is 1. The molecule has 140 valence electrons. The zero-order valence-corrected chi connectivity index (χ0v) is 16.7. The Morgan fingerprint density at radius 3 is 2.85 bits per heavy atom. The van der Waals surface area contributed by atoms with E-state index in [0.717, 1.165) is 12.2 Å². The summed E-state index contributed by atoms with van der Waals surface area (Å²) >= 11 is 2.67. The fraction of sp³-hybridized carbons (Fsp3) is 0.400. The predicted octanol–water partition coefficient (Wildman–Crippen LogP) is 2.59. The van der Waals surface area contributed by atoms with Gasteiger partial charge in [-0.25, -0.2) is 8.42 Å². The highest BCUT2D eigenvalue weighted by molar-refractivity contribution is 8.01. The van der Waals surface area contributed by atoms with E-state index in [0.29, 0.717) is 28.7 Å². The van der Waals surface area contributed by atoms with Gasteiger partial charge in [0.15, 0.2) is 4.34 Å². The normalized spacial score (nSPS) is 14.7. The molecular formula is C15H18N4O4S3. The summed E-state index contributed by atoms with van der Waals surface area (Å²) in [6, 6.07) is 4.44. The van der Waals surface area contributed by atoms with Gasteiger partial charge in [0.2, 0.25) is 11.0 Å². The number of aromatic nitrogens is 2. The van der Waals surface area contributed by atoms with Crippen molar-refractivity contribution in [3.63, 3.8) is 0 Å². The summed E-state index contributed by atoms with van der Waals surface area (Å²) in [5.41, 5.74) is 0.456. The van der Waals surface area contributed by atoms with Gasteiger partial charge in [0, 0.05) is 13.0 Å². The molecule has 0 aliphatic carbocycles. The Kier molecular flexibility index (Phi) is 5.68. The molecule has 26 heavy (non-hydrogen) atoms. The number of hydrogen-bond acceptors (Lipinski definition) is 8. The number of sulfonamides is 1. The van der Waals surface area contributed by atoms with Crippen LogP contribution in [0.2, 0.25) is 0 Å². The molecule has 1 N–H and O–H groups in total. The lowest BCUT2D eigenvalue weighted by molar-refractivity contribution is -0.117. The summed E-state index contributed by atoms with van der Waals surface area (Å²) in [5.74, 6) is 1.24. The Hall–Kier alpha value is -1.85. The molecule has 3 rings (SSSR count). The van der Waals surface area contributed by atoms with Crippen LogP contribution in [0.5, 0.6) is 5.75 Å². The van der Waals surface area contributed by atoms with Gasteiger partial charge in [-0.1, -0.05) is 30.0 Å². The molecule has 8 nitrogen and oxygen atoms in total. The number of thioether (sulfide) groups is 1. The SMILES string of the molecule is CCSc1nnc(NS(=O)(=O)c2ccc(OC)c(N3CCCC3=O)c2)s1. The molecule has 1 aromatic carbocycles. The molecule has 0 bridgehead atoms. The molecule has 0 spiro atoms. The molecule has 0 saturated carbocycles. The monoisotopic (exact) mass is 414 g/mol. The Labute approximate surface area is 160 Å². The van der Waals surface area contributed by atoms with Crippen molar-refractivity contribution < 1.29 is 17.9 Å². The highest BCUT2D eigenvalue weighted by Crippen LogP contribution is 2.34. The number of benzene rings is 1. The van der Waals surface area contributed by atoms with Gasteiger partial charge in [0.05, 0.1) is 17.7 Å². The summed E-state index contributed by atoms with van der Waals surface area (Å²) in [7, 11) is -2.37. The summed E-state index contributed by atoms with van der Waals surface area (Å²) < 4.78 is 33.8. The standard InChI is InChI=1S/C15H18N4O4S3/c1-3-24-15-17-16-14(25-15)18-26(21,22)10-6-7-12(23-2)11(9-10)19-8-4-5-13(19)20/h6-7,9H,3-5,8H2,1-2H3,(H,16,18). The third kappa shape index (κ3) is 3.94. The number of rotatable bonds is 7. The number of nitrogens with zero attached hydrogens (tertiary/aromatic N) is 3. The molecule has 1 saturated heterocycles. The van der Waals surface area contributed by atoms with Gasteiger partial charge in [-0.2, -0.15) is 0 Å². The van der Waals surface area contributed by atoms with Crippen LogP contribution in [0.4, 0.5) is 10.8 Å². The fourth-order valence-corrected chi connectivity index (χ4v) is 5.46. The largest absolute Gasteiger partial charge is 0.495 e. The maximum absolute atomic E-state index is 12.7. The first-order chi connectivity index (χ1) is 12.4. The van der Waals surface area contributed by atoms with Gasteiger partial charge in [0.1, 0.15) is 5.75 Å². The van der Waals surface area contributed by atoms with Crippen molar-refractivity contribution in [1.29, 1.82) is 0 Å². The van der Waals surface area contributed by atoms with Crippen LogP contribution in [-0.4, -0.2) is 43.9 Å². The lowest BCUT2D eigenvalue weighted by Crippen LogP contribution is -2.24. The molecule has 1 aromatic heterocycles. The van der Waals surface area contributed by atoms with Crippen LogP contribution in [-0.2, 0) is 14.8 Å². The first kappa shape index (κ1) is 18.9. The van der Waals surface area contributed by atoms with Gasteiger partial charge < -0.3 is 9.64 Å². The van der Waals surface area contributed by atoms with Gasteiger partial charge in [-0.3, -0.25) is 9.52 Å². The van der Waals surface area contributed by atoms with E-state index < -0.39 is 10.0 Å². The number of nitrogens with one attached hydrogen (secondary N) is 1. The summed E-state index contributed by atoms with van der Waals surface area (Å²) in [6.07, 6.45) is 1.18. The lowest BCUT2D eigenvalue weighted by atomic mass is 10.2. The Balaban J connectivity index is 1.90. The van der Waals surface area contributed by atoms with Crippen LogP contribution >= 0.6 is 23.1 Å².